The first kappa shape index (κ1) is 20.4. The zero-order valence-corrected chi connectivity index (χ0v) is 17.5. The molecule has 1 aromatic carbocycles. The monoisotopic (exact) mass is 424 g/mol. The number of rotatable bonds is 7. The van der Waals surface area contributed by atoms with Crippen molar-refractivity contribution in [2.75, 3.05) is 37.0 Å². The zero-order valence-electron chi connectivity index (χ0n) is 16.6. The Morgan fingerprint density at radius 2 is 1.73 bits per heavy atom. The minimum atomic E-state index is -3.33. The molecule has 3 aromatic rings. The Balaban J connectivity index is 1.59. The summed E-state index contributed by atoms with van der Waals surface area (Å²) in [6.45, 7) is 2.65. The summed E-state index contributed by atoms with van der Waals surface area (Å²) in [6, 6.07) is 16.9. The normalized spacial score (nSPS) is 14.6. The summed E-state index contributed by atoms with van der Waals surface area (Å²) >= 11 is 0. The number of morpholine rings is 1. The van der Waals surface area contributed by atoms with Crippen molar-refractivity contribution in [1.82, 2.24) is 15.0 Å². The lowest BCUT2D eigenvalue weighted by atomic mass is 10.2. The van der Waals surface area contributed by atoms with Crippen LogP contribution in [-0.4, -0.2) is 55.4 Å². The summed E-state index contributed by atoms with van der Waals surface area (Å²) < 4.78 is 31.0. The quantitative estimate of drug-likeness (QED) is 0.576. The number of benzene rings is 1. The van der Waals surface area contributed by atoms with Crippen molar-refractivity contribution in [3.63, 3.8) is 0 Å². The predicted octanol–water partition coefficient (Wildman–Crippen LogP) is 2.53. The van der Waals surface area contributed by atoms with Crippen LogP contribution in [0.2, 0.25) is 0 Å². The van der Waals surface area contributed by atoms with Gasteiger partial charge in [-0.2, -0.15) is 0 Å². The minimum absolute atomic E-state index is 0.0762. The van der Waals surface area contributed by atoms with E-state index in [0.29, 0.717) is 55.8 Å². The summed E-state index contributed by atoms with van der Waals surface area (Å²) in [4.78, 5) is 15.6. The molecule has 0 radical (unpaired) electrons. The van der Waals surface area contributed by atoms with E-state index in [2.05, 4.69) is 19.9 Å². The van der Waals surface area contributed by atoms with Crippen molar-refractivity contribution in [2.45, 2.75) is 12.2 Å². The van der Waals surface area contributed by atoms with E-state index in [-0.39, 0.29) is 11.5 Å². The summed E-state index contributed by atoms with van der Waals surface area (Å²) in [7, 11) is -3.33. The maximum atomic E-state index is 12.8. The van der Waals surface area contributed by atoms with Crippen LogP contribution >= 0.6 is 0 Å². The summed E-state index contributed by atoms with van der Waals surface area (Å²) in [5.41, 5.74) is 2.11. The van der Waals surface area contributed by atoms with Gasteiger partial charge in [0.15, 0.2) is 15.7 Å². The Bertz CT molecular complexity index is 1070. The molecule has 0 unspecified atom stereocenters. The molecule has 0 spiro atoms. The van der Waals surface area contributed by atoms with Crippen LogP contribution in [0.3, 0.4) is 0 Å². The lowest BCUT2D eigenvalue weighted by Gasteiger charge is -2.28. The van der Waals surface area contributed by atoms with Gasteiger partial charge >= 0.3 is 0 Å². The number of sulfone groups is 1. The highest BCUT2D eigenvalue weighted by Gasteiger charge is 2.19. The van der Waals surface area contributed by atoms with Crippen molar-refractivity contribution in [1.29, 1.82) is 0 Å². The predicted molar refractivity (Wildman–Crippen MR) is 116 cm³/mol. The maximum Gasteiger partial charge on any atom is 0.180 e. The molecule has 1 aliphatic rings. The highest BCUT2D eigenvalue weighted by Crippen LogP contribution is 2.21. The topological polar surface area (TPSA) is 85.3 Å². The molecule has 4 rings (SSSR count). The molecule has 1 saturated heterocycles. The van der Waals surface area contributed by atoms with Crippen LogP contribution in [-0.2, 0) is 26.7 Å². The summed E-state index contributed by atoms with van der Waals surface area (Å²) in [5, 5.41) is 0. The first-order valence-corrected chi connectivity index (χ1v) is 11.8. The Morgan fingerprint density at radius 3 is 2.47 bits per heavy atom. The second-order valence-corrected chi connectivity index (χ2v) is 9.37. The molecule has 3 heterocycles. The van der Waals surface area contributed by atoms with Gasteiger partial charge in [0.05, 0.1) is 30.4 Å². The van der Waals surface area contributed by atoms with Crippen molar-refractivity contribution >= 4 is 15.7 Å². The minimum Gasteiger partial charge on any atom is -0.378 e. The average molecular weight is 425 g/mol. The standard InChI is InChI=1S/C22H24N4O3S/c27-30(28,15-9-18-6-2-1-3-7-18)17-19-16-21(26-11-13-29-14-12-26)25-22(24-19)20-8-4-5-10-23-20/h1-8,10,16H,9,11-15,17H2. The van der Waals surface area contributed by atoms with Crippen molar-refractivity contribution < 1.29 is 13.2 Å². The highest BCUT2D eigenvalue weighted by atomic mass is 32.2. The second kappa shape index (κ2) is 9.32. The molecule has 0 amide bonds. The van der Waals surface area contributed by atoms with Gasteiger partial charge in [-0.3, -0.25) is 4.98 Å². The largest absolute Gasteiger partial charge is 0.378 e. The fraction of sp³-hybridized carbons (Fsp3) is 0.318. The molecule has 0 saturated carbocycles. The molecule has 0 bridgehead atoms. The van der Waals surface area contributed by atoms with Crippen LogP contribution in [0.25, 0.3) is 11.5 Å². The molecule has 1 aliphatic heterocycles. The summed E-state index contributed by atoms with van der Waals surface area (Å²) in [5.74, 6) is 1.10. The molecule has 1 fully saturated rings. The highest BCUT2D eigenvalue weighted by molar-refractivity contribution is 7.90. The van der Waals surface area contributed by atoms with Gasteiger partial charge in [-0.15, -0.1) is 0 Å². The van der Waals surface area contributed by atoms with E-state index in [1.54, 1.807) is 12.3 Å². The Morgan fingerprint density at radius 1 is 0.967 bits per heavy atom. The fourth-order valence-corrected chi connectivity index (χ4v) is 4.63. The molecule has 30 heavy (non-hydrogen) atoms. The average Bonchev–Trinajstić information content (AvgIpc) is 2.79. The van der Waals surface area contributed by atoms with Crippen LogP contribution in [0.5, 0.6) is 0 Å². The van der Waals surface area contributed by atoms with E-state index in [1.165, 1.54) is 0 Å². The molecule has 8 heteroatoms. The third-order valence-electron chi connectivity index (χ3n) is 4.91. The van der Waals surface area contributed by atoms with Crippen LogP contribution in [0.1, 0.15) is 11.3 Å². The van der Waals surface area contributed by atoms with Crippen LogP contribution in [0, 0.1) is 0 Å². The first-order chi connectivity index (χ1) is 14.6. The molecular weight excluding hydrogens is 400 g/mol. The number of hydrogen-bond donors (Lipinski definition) is 0. The van der Waals surface area contributed by atoms with Crippen molar-refractivity contribution in [3.8, 4) is 11.5 Å². The van der Waals surface area contributed by atoms with E-state index in [4.69, 9.17) is 4.74 Å². The molecule has 0 aliphatic carbocycles. The smallest absolute Gasteiger partial charge is 0.180 e. The Labute approximate surface area is 176 Å². The van der Waals surface area contributed by atoms with Gasteiger partial charge in [-0.1, -0.05) is 36.4 Å². The van der Waals surface area contributed by atoms with Gasteiger partial charge in [-0.25, -0.2) is 18.4 Å². The SMILES string of the molecule is O=S(=O)(CCc1ccccc1)Cc1cc(N2CCOCC2)nc(-c2ccccn2)n1. The van der Waals surface area contributed by atoms with Crippen LogP contribution in [0.4, 0.5) is 5.82 Å². The second-order valence-electron chi connectivity index (χ2n) is 7.18. The molecule has 7 nitrogen and oxygen atoms in total. The van der Waals surface area contributed by atoms with Gasteiger partial charge in [0.25, 0.3) is 0 Å². The number of aromatic nitrogens is 3. The third-order valence-corrected chi connectivity index (χ3v) is 6.47. The van der Waals surface area contributed by atoms with Crippen molar-refractivity contribution in [2.24, 2.45) is 0 Å². The number of nitrogens with zero attached hydrogens (tertiary/aromatic N) is 4. The molecule has 2 aromatic heterocycles. The van der Waals surface area contributed by atoms with Gasteiger partial charge in [-0.05, 0) is 24.1 Å². The Kier molecular flexibility index (Phi) is 6.35. The maximum absolute atomic E-state index is 12.8. The first-order valence-electron chi connectivity index (χ1n) is 9.95. The van der Waals surface area contributed by atoms with Gasteiger partial charge < -0.3 is 9.64 Å². The van der Waals surface area contributed by atoms with Crippen LogP contribution in [0.15, 0.2) is 60.8 Å². The fourth-order valence-electron chi connectivity index (χ4n) is 3.34. The molecular formula is C22H24N4O3S. The molecule has 0 N–H and O–H groups in total. The van der Waals surface area contributed by atoms with Gasteiger partial charge in [0, 0.05) is 25.4 Å². The Hall–Kier alpha value is -2.84. The van der Waals surface area contributed by atoms with Gasteiger partial charge in [0.2, 0.25) is 0 Å². The van der Waals surface area contributed by atoms with E-state index in [0.717, 1.165) is 5.56 Å². The third kappa shape index (κ3) is 5.40. The van der Waals surface area contributed by atoms with E-state index >= 15 is 0 Å². The number of pyridine rings is 1. The van der Waals surface area contributed by atoms with Crippen LogP contribution < -0.4 is 4.90 Å². The lowest BCUT2D eigenvalue weighted by molar-refractivity contribution is 0.122. The number of anilines is 1. The summed E-state index contributed by atoms with van der Waals surface area (Å²) in [6.07, 6.45) is 2.16. The lowest BCUT2D eigenvalue weighted by Crippen LogP contribution is -2.37. The molecule has 156 valence electrons. The van der Waals surface area contributed by atoms with E-state index in [1.807, 2.05) is 48.5 Å². The van der Waals surface area contributed by atoms with E-state index < -0.39 is 9.84 Å². The number of ether oxygens (including phenoxy) is 1. The zero-order chi connectivity index (χ0) is 20.8. The molecule has 0 atom stereocenters. The number of hydrogen-bond acceptors (Lipinski definition) is 7. The van der Waals surface area contributed by atoms with E-state index in [9.17, 15) is 8.42 Å². The number of aryl methyl sites for hydroxylation is 1. The van der Waals surface area contributed by atoms with Gasteiger partial charge in [0.1, 0.15) is 11.5 Å². The van der Waals surface area contributed by atoms with Crippen molar-refractivity contribution in [3.05, 3.63) is 72.1 Å².